The van der Waals surface area contributed by atoms with Gasteiger partial charge in [-0.3, -0.25) is 4.79 Å². The van der Waals surface area contributed by atoms with E-state index in [4.69, 9.17) is 4.42 Å². The zero-order valence-corrected chi connectivity index (χ0v) is 15.0. The molecule has 0 radical (unpaired) electrons. The van der Waals surface area contributed by atoms with Crippen molar-refractivity contribution in [2.45, 2.75) is 63.7 Å². The summed E-state index contributed by atoms with van der Waals surface area (Å²) in [4.78, 5) is 19.2. The van der Waals surface area contributed by atoms with Crippen molar-refractivity contribution in [2.75, 3.05) is 13.1 Å². The Bertz CT molecular complexity index is 677. The molecule has 0 atom stereocenters. The van der Waals surface area contributed by atoms with E-state index in [-0.39, 0.29) is 0 Å². The van der Waals surface area contributed by atoms with E-state index in [0.29, 0.717) is 11.8 Å². The molecular weight excluding hydrogens is 312 g/mol. The highest BCUT2D eigenvalue weighted by Crippen LogP contribution is 2.31. The molecule has 0 spiro atoms. The topological polar surface area (TPSA) is 46.3 Å². The van der Waals surface area contributed by atoms with E-state index in [2.05, 4.69) is 9.88 Å². The smallest absolute Gasteiger partial charge is 0.222 e. The molecule has 1 aliphatic carbocycles. The van der Waals surface area contributed by atoms with Crippen molar-refractivity contribution in [1.29, 1.82) is 0 Å². The van der Waals surface area contributed by atoms with E-state index >= 15 is 0 Å². The number of fused-ring (bicyclic) bond motifs is 1. The molecule has 4 rings (SSSR count). The molecule has 1 aromatic carbocycles. The quantitative estimate of drug-likeness (QED) is 0.796. The predicted molar refractivity (Wildman–Crippen MR) is 98.4 cm³/mol. The maximum absolute atomic E-state index is 12.5. The summed E-state index contributed by atoms with van der Waals surface area (Å²) in [6.07, 6.45) is 10.5. The van der Waals surface area contributed by atoms with Gasteiger partial charge < -0.3 is 9.32 Å². The van der Waals surface area contributed by atoms with Crippen LogP contribution >= 0.6 is 0 Å². The van der Waals surface area contributed by atoms with Crippen LogP contribution in [0.2, 0.25) is 0 Å². The van der Waals surface area contributed by atoms with Gasteiger partial charge in [0.15, 0.2) is 11.5 Å². The van der Waals surface area contributed by atoms with Crippen molar-refractivity contribution < 1.29 is 9.21 Å². The summed E-state index contributed by atoms with van der Waals surface area (Å²) in [5.41, 5.74) is 1.80. The van der Waals surface area contributed by atoms with E-state index in [9.17, 15) is 4.79 Å². The maximum atomic E-state index is 12.5. The third kappa shape index (κ3) is 3.88. The summed E-state index contributed by atoms with van der Waals surface area (Å²) in [7, 11) is 0. The van der Waals surface area contributed by atoms with Crippen molar-refractivity contribution in [2.24, 2.45) is 5.92 Å². The molecule has 4 nitrogen and oxygen atoms in total. The number of oxazole rings is 1. The lowest BCUT2D eigenvalue weighted by molar-refractivity contribution is -0.132. The molecule has 4 heteroatoms. The van der Waals surface area contributed by atoms with Crippen LogP contribution in [0.25, 0.3) is 11.1 Å². The average molecular weight is 340 g/mol. The summed E-state index contributed by atoms with van der Waals surface area (Å²) in [6, 6.07) is 7.93. The number of aromatic nitrogens is 1. The van der Waals surface area contributed by atoms with Gasteiger partial charge in [0.25, 0.3) is 0 Å². The first-order valence-electron chi connectivity index (χ1n) is 9.93. The molecule has 1 aromatic heterocycles. The van der Waals surface area contributed by atoms with E-state index in [1.807, 2.05) is 24.3 Å². The minimum absolute atomic E-state index is 0.342. The van der Waals surface area contributed by atoms with Gasteiger partial charge in [0, 0.05) is 25.4 Å². The molecular formula is C21H28N2O2. The maximum Gasteiger partial charge on any atom is 0.222 e. The molecule has 2 fully saturated rings. The highest BCUT2D eigenvalue weighted by atomic mass is 16.3. The van der Waals surface area contributed by atoms with Crippen LogP contribution in [0.3, 0.4) is 0 Å². The number of hydrogen-bond acceptors (Lipinski definition) is 3. The summed E-state index contributed by atoms with van der Waals surface area (Å²) >= 11 is 0. The molecule has 134 valence electrons. The van der Waals surface area contributed by atoms with Gasteiger partial charge >= 0.3 is 0 Å². The second-order valence-corrected chi connectivity index (χ2v) is 7.72. The fourth-order valence-electron chi connectivity index (χ4n) is 4.40. The van der Waals surface area contributed by atoms with Gasteiger partial charge in [0.1, 0.15) is 5.52 Å². The van der Waals surface area contributed by atoms with Gasteiger partial charge in [-0.2, -0.15) is 0 Å². The van der Waals surface area contributed by atoms with Crippen molar-refractivity contribution in [3.63, 3.8) is 0 Å². The number of rotatable bonds is 4. The van der Waals surface area contributed by atoms with Crippen LogP contribution in [0.4, 0.5) is 0 Å². The van der Waals surface area contributed by atoms with E-state index < -0.39 is 0 Å². The Kier molecular flexibility index (Phi) is 5.04. The van der Waals surface area contributed by atoms with Gasteiger partial charge in [0.05, 0.1) is 0 Å². The molecule has 2 heterocycles. The first-order chi connectivity index (χ1) is 12.3. The third-order valence-electron chi connectivity index (χ3n) is 6.00. The fraction of sp³-hybridized carbons (Fsp3) is 0.619. The molecule has 1 amide bonds. The number of piperidine rings is 1. The molecule has 0 bridgehead atoms. The molecule has 0 unspecified atom stereocenters. The van der Waals surface area contributed by atoms with E-state index in [1.165, 1.54) is 32.1 Å². The number of benzene rings is 1. The lowest BCUT2D eigenvalue weighted by Crippen LogP contribution is -2.38. The monoisotopic (exact) mass is 340 g/mol. The summed E-state index contributed by atoms with van der Waals surface area (Å²) < 4.78 is 5.92. The second kappa shape index (κ2) is 7.59. The number of hydrogen-bond donors (Lipinski definition) is 0. The summed E-state index contributed by atoms with van der Waals surface area (Å²) in [6.45, 7) is 1.68. The zero-order chi connectivity index (χ0) is 17.1. The number of para-hydroxylation sites is 2. The minimum Gasteiger partial charge on any atom is -0.440 e. The fourth-order valence-corrected chi connectivity index (χ4v) is 4.40. The van der Waals surface area contributed by atoms with Crippen LogP contribution in [-0.4, -0.2) is 28.9 Å². The third-order valence-corrected chi connectivity index (χ3v) is 6.00. The number of carbonyl (C=O) groups is 1. The van der Waals surface area contributed by atoms with Gasteiger partial charge in [0.2, 0.25) is 5.91 Å². The minimum atomic E-state index is 0.342. The van der Waals surface area contributed by atoms with Crippen LogP contribution in [-0.2, 0) is 4.79 Å². The van der Waals surface area contributed by atoms with Crippen molar-refractivity contribution in [1.82, 2.24) is 9.88 Å². The molecule has 0 N–H and O–H groups in total. The average Bonchev–Trinajstić information content (AvgIpc) is 3.11. The Morgan fingerprint density at radius 3 is 2.60 bits per heavy atom. The molecule has 2 aromatic rings. The Balaban J connectivity index is 1.28. The molecule has 1 saturated carbocycles. The van der Waals surface area contributed by atoms with Crippen molar-refractivity contribution in [3.05, 3.63) is 30.2 Å². The van der Waals surface area contributed by atoms with E-state index in [1.54, 1.807) is 0 Å². The second-order valence-electron chi connectivity index (χ2n) is 7.72. The van der Waals surface area contributed by atoms with Gasteiger partial charge in [-0.05, 0) is 37.3 Å². The summed E-state index contributed by atoms with van der Waals surface area (Å²) in [5, 5.41) is 0. The largest absolute Gasteiger partial charge is 0.440 e. The highest BCUT2D eigenvalue weighted by Gasteiger charge is 2.27. The molecule has 1 saturated heterocycles. The lowest BCUT2D eigenvalue weighted by Gasteiger charge is -2.31. The standard InChI is InChI=1S/C21H28N2O2/c24-20(11-10-16-6-2-1-3-7-16)23-14-12-17(13-15-23)21-22-18-8-4-5-9-19(18)25-21/h4-5,8-9,16-17H,1-3,6-7,10-15H2. The molecule has 2 aliphatic rings. The molecule has 1 aliphatic heterocycles. The van der Waals surface area contributed by atoms with Crippen molar-refractivity contribution in [3.8, 4) is 0 Å². The van der Waals surface area contributed by atoms with Gasteiger partial charge in [-0.25, -0.2) is 4.98 Å². The van der Waals surface area contributed by atoms with E-state index in [0.717, 1.165) is 61.7 Å². The Hall–Kier alpha value is -1.84. The van der Waals surface area contributed by atoms with Crippen molar-refractivity contribution >= 4 is 17.0 Å². The number of carbonyl (C=O) groups excluding carboxylic acids is 1. The van der Waals surface area contributed by atoms with Crippen LogP contribution in [0.1, 0.15) is 69.6 Å². The highest BCUT2D eigenvalue weighted by molar-refractivity contribution is 5.76. The summed E-state index contributed by atoms with van der Waals surface area (Å²) in [5.74, 6) is 2.32. The number of likely N-dealkylation sites (tertiary alicyclic amines) is 1. The lowest BCUT2D eigenvalue weighted by atomic mass is 9.86. The number of amides is 1. The van der Waals surface area contributed by atoms with Crippen LogP contribution in [0.5, 0.6) is 0 Å². The van der Waals surface area contributed by atoms with Crippen LogP contribution < -0.4 is 0 Å². The Labute approximate surface area is 149 Å². The van der Waals surface area contributed by atoms with Crippen LogP contribution in [0, 0.1) is 5.92 Å². The van der Waals surface area contributed by atoms with Gasteiger partial charge in [-0.15, -0.1) is 0 Å². The number of nitrogens with zero attached hydrogens (tertiary/aromatic N) is 2. The Morgan fingerprint density at radius 1 is 1.08 bits per heavy atom. The van der Waals surface area contributed by atoms with Crippen LogP contribution in [0.15, 0.2) is 28.7 Å². The first kappa shape index (κ1) is 16.6. The molecule has 25 heavy (non-hydrogen) atoms. The Morgan fingerprint density at radius 2 is 1.84 bits per heavy atom. The predicted octanol–water partition coefficient (Wildman–Crippen LogP) is 4.89. The first-order valence-corrected chi connectivity index (χ1v) is 9.93. The van der Waals surface area contributed by atoms with Gasteiger partial charge in [-0.1, -0.05) is 44.2 Å². The zero-order valence-electron chi connectivity index (χ0n) is 15.0. The SMILES string of the molecule is O=C(CCC1CCCCC1)N1CCC(c2nc3ccccc3o2)CC1. The normalized spacial score (nSPS) is 20.2.